The maximum absolute atomic E-state index is 6.33. The third-order valence-electron chi connectivity index (χ3n) is 8.24. The van der Waals surface area contributed by atoms with E-state index in [2.05, 4.69) is 81.5 Å². The molecular weight excluding hydrogens is 522 g/mol. The first-order valence-electron chi connectivity index (χ1n) is 19.1. The molecule has 0 spiro atoms. The third kappa shape index (κ3) is 37.0. The van der Waals surface area contributed by atoms with Crippen LogP contribution in [0.15, 0.2) is 48.6 Å². The van der Waals surface area contributed by atoms with E-state index < -0.39 is 0 Å². The highest BCUT2D eigenvalue weighted by Gasteiger charge is 2.10. The van der Waals surface area contributed by atoms with Crippen molar-refractivity contribution in [3.63, 3.8) is 0 Å². The Morgan fingerprint density at radius 3 is 1.23 bits per heavy atom. The lowest BCUT2D eigenvalue weighted by molar-refractivity contribution is 0.0266. The van der Waals surface area contributed by atoms with Crippen molar-refractivity contribution in [2.75, 3.05) is 27.2 Å². The van der Waals surface area contributed by atoms with Crippen LogP contribution in [0.5, 0.6) is 0 Å². The van der Waals surface area contributed by atoms with E-state index in [4.69, 9.17) is 4.74 Å². The van der Waals surface area contributed by atoms with Crippen molar-refractivity contribution in [3.8, 4) is 0 Å². The molecule has 0 bridgehead atoms. The molecule has 0 amide bonds. The first-order chi connectivity index (χ1) is 21.2. The first-order valence-corrected chi connectivity index (χ1v) is 19.1. The summed E-state index contributed by atoms with van der Waals surface area (Å²) in [5, 5.41) is 0. The van der Waals surface area contributed by atoms with Gasteiger partial charge in [0.25, 0.3) is 0 Å². The number of allylic oxidation sites excluding steroid dienone is 8. The molecule has 0 saturated heterocycles. The van der Waals surface area contributed by atoms with Crippen molar-refractivity contribution in [2.45, 2.75) is 187 Å². The van der Waals surface area contributed by atoms with Crippen molar-refractivity contribution in [2.24, 2.45) is 0 Å². The smallest absolute Gasteiger partial charge is 0.0701 e. The van der Waals surface area contributed by atoms with E-state index in [0.717, 1.165) is 26.0 Å². The van der Waals surface area contributed by atoms with E-state index in [1.54, 1.807) is 0 Å². The van der Waals surface area contributed by atoms with Gasteiger partial charge in [-0.2, -0.15) is 0 Å². The Balaban J connectivity index is 3.59. The van der Waals surface area contributed by atoms with E-state index in [1.165, 1.54) is 154 Å². The highest BCUT2D eigenvalue weighted by Crippen LogP contribution is 2.14. The normalized spacial score (nSPS) is 13.2. The van der Waals surface area contributed by atoms with Crippen molar-refractivity contribution >= 4 is 0 Å². The Labute approximate surface area is 271 Å². The van der Waals surface area contributed by atoms with Gasteiger partial charge in [-0.25, -0.2) is 0 Å². The molecule has 0 radical (unpaired) electrons. The van der Waals surface area contributed by atoms with Gasteiger partial charge in [0.05, 0.1) is 6.10 Å². The lowest BCUT2D eigenvalue weighted by Crippen LogP contribution is -2.28. The minimum Gasteiger partial charge on any atom is -0.377 e. The number of rotatable bonds is 34. The number of hydrogen-bond donors (Lipinski definition) is 0. The Morgan fingerprint density at radius 1 is 0.442 bits per heavy atom. The van der Waals surface area contributed by atoms with E-state index >= 15 is 0 Å². The molecule has 0 aliphatic heterocycles. The molecule has 43 heavy (non-hydrogen) atoms. The summed E-state index contributed by atoms with van der Waals surface area (Å²) in [6.45, 7) is 6.54. The quantitative estimate of drug-likeness (QED) is 0.0539. The summed E-state index contributed by atoms with van der Waals surface area (Å²) in [6.07, 6.45) is 53.3. The molecule has 0 saturated carbocycles. The second-order valence-corrected chi connectivity index (χ2v) is 13.1. The highest BCUT2D eigenvalue weighted by atomic mass is 16.5. The molecule has 1 atom stereocenters. The fraction of sp³-hybridized carbons (Fsp3) is 0.805. The average Bonchev–Trinajstić information content (AvgIpc) is 2.99. The lowest BCUT2D eigenvalue weighted by atomic mass is 10.0. The average molecular weight is 600 g/mol. The fourth-order valence-corrected chi connectivity index (χ4v) is 5.51. The molecule has 0 fully saturated rings. The van der Waals surface area contributed by atoms with Gasteiger partial charge in [-0.05, 0) is 91.1 Å². The van der Waals surface area contributed by atoms with E-state index in [9.17, 15) is 0 Å². The van der Waals surface area contributed by atoms with Crippen molar-refractivity contribution < 1.29 is 4.74 Å². The first kappa shape index (κ1) is 41.9. The summed E-state index contributed by atoms with van der Waals surface area (Å²) in [7, 11) is 4.36. The fourth-order valence-electron chi connectivity index (χ4n) is 5.51. The molecule has 0 N–H and O–H groups in total. The predicted octanol–water partition coefficient (Wildman–Crippen LogP) is 13.3. The van der Waals surface area contributed by atoms with Crippen LogP contribution < -0.4 is 0 Å². The molecule has 0 rings (SSSR count). The SMILES string of the molecule is CCCCC/C=C\C/C=C\CCCCCCCCCC(CN(C)C)OCCCCCCCC/C=C\C/C=C\CCCCC. The summed E-state index contributed by atoms with van der Waals surface area (Å²) in [5.41, 5.74) is 0. The minimum absolute atomic E-state index is 0.408. The Morgan fingerprint density at radius 2 is 0.814 bits per heavy atom. The van der Waals surface area contributed by atoms with Gasteiger partial charge in [0.2, 0.25) is 0 Å². The van der Waals surface area contributed by atoms with Gasteiger partial charge in [-0.3, -0.25) is 0 Å². The van der Waals surface area contributed by atoms with Gasteiger partial charge in [-0.1, -0.05) is 152 Å². The zero-order valence-electron chi connectivity index (χ0n) is 29.9. The largest absolute Gasteiger partial charge is 0.377 e. The van der Waals surface area contributed by atoms with Crippen LogP contribution in [0.4, 0.5) is 0 Å². The number of likely N-dealkylation sites (N-methyl/N-ethyl adjacent to an activating group) is 1. The molecule has 0 aromatic heterocycles. The lowest BCUT2D eigenvalue weighted by Gasteiger charge is -2.21. The summed E-state index contributed by atoms with van der Waals surface area (Å²) in [6, 6.07) is 0. The van der Waals surface area contributed by atoms with E-state index in [1.807, 2.05) is 0 Å². The van der Waals surface area contributed by atoms with E-state index in [0.29, 0.717) is 6.10 Å². The van der Waals surface area contributed by atoms with Crippen LogP contribution in [0, 0.1) is 0 Å². The molecule has 1 unspecified atom stereocenters. The van der Waals surface area contributed by atoms with Crippen LogP contribution in [0.25, 0.3) is 0 Å². The van der Waals surface area contributed by atoms with Crippen LogP contribution in [0.1, 0.15) is 181 Å². The topological polar surface area (TPSA) is 12.5 Å². The maximum Gasteiger partial charge on any atom is 0.0701 e. The Bertz CT molecular complexity index is 582. The second-order valence-electron chi connectivity index (χ2n) is 13.1. The highest BCUT2D eigenvalue weighted by molar-refractivity contribution is 4.93. The van der Waals surface area contributed by atoms with Crippen LogP contribution in [-0.2, 0) is 4.74 Å². The van der Waals surface area contributed by atoms with Gasteiger partial charge in [0, 0.05) is 13.2 Å². The van der Waals surface area contributed by atoms with Crippen LogP contribution in [0.3, 0.4) is 0 Å². The zero-order chi connectivity index (χ0) is 31.3. The molecule has 0 heterocycles. The standard InChI is InChI=1S/C41H77NO/c1-5-7-9-11-13-15-17-19-21-23-24-26-28-30-32-34-36-38-41(40-42(3)4)43-39-37-35-33-31-29-27-25-22-20-18-16-14-12-10-8-6-2/h13-16,19-22,41H,5-12,17-18,23-40H2,1-4H3/b15-13-,16-14-,21-19-,22-20-. The third-order valence-corrected chi connectivity index (χ3v) is 8.24. The Hall–Kier alpha value is -1.12. The van der Waals surface area contributed by atoms with Gasteiger partial charge < -0.3 is 9.64 Å². The van der Waals surface area contributed by atoms with Crippen molar-refractivity contribution in [1.82, 2.24) is 4.90 Å². The van der Waals surface area contributed by atoms with Gasteiger partial charge >= 0.3 is 0 Å². The zero-order valence-corrected chi connectivity index (χ0v) is 29.9. The second kappa shape index (κ2) is 37.1. The summed E-state index contributed by atoms with van der Waals surface area (Å²) < 4.78 is 6.33. The molecule has 0 aliphatic carbocycles. The molecule has 252 valence electrons. The summed E-state index contributed by atoms with van der Waals surface area (Å²) in [4.78, 5) is 2.29. The molecule has 0 aromatic rings. The monoisotopic (exact) mass is 600 g/mol. The molecule has 0 aliphatic rings. The molecule has 2 nitrogen and oxygen atoms in total. The van der Waals surface area contributed by atoms with Gasteiger partial charge in [0.15, 0.2) is 0 Å². The van der Waals surface area contributed by atoms with Crippen molar-refractivity contribution in [1.29, 1.82) is 0 Å². The predicted molar refractivity (Wildman–Crippen MR) is 196 cm³/mol. The van der Waals surface area contributed by atoms with Gasteiger partial charge in [-0.15, -0.1) is 0 Å². The van der Waals surface area contributed by atoms with Gasteiger partial charge in [0.1, 0.15) is 0 Å². The maximum atomic E-state index is 6.33. The van der Waals surface area contributed by atoms with Crippen LogP contribution in [0.2, 0.25) is 0 Å². The summed E-state index contributed by atoms with van der Waals surface area (Å²) >= 11 is 0. The Kier molecular flexibility index (Phi) is 36.1. The van der Waals surface area contributed by atoms with Crippen LogP contribution in [-0.4, -0.2) is 38.3 Å². The summed E-state index contributed by atoms with van der Waals surface area (Å²) in [5.74, 6) is 0. The minimum atomic E-state index is 0.408. The number of unbranched alkanes of at least 4 members (excludes halogenated alkanes) is 19. The molecular formula is C41H77NO. The molecule has 2 heteroatoms. The molecule has 0 aromatic carbocycles. The number of nitrogens with zero attached hydrogens (tertiary/aromatic N) is 1. The number of hydrogen-bond acceptors (Lipinski definition) is 2. The van der Waals surface area contributed by atoms with Crippen molar-refractivity contribution in [3.05, 3.63) is 48.6 Å². The number of ether oxygens (including phenoxy) is 1. The van der Waals surface area contributed by atoms with Crippen LogP contribution >= 0.6 is 0 Å². The van der Waals surface area contributed by atoms with E-state index in [-0.39, 0.29) is 0 Å².